The summed E-state index contributed by atoms with van der Waals surface area (Å²) in [6.45, 7) is 0.265. The van der Waals surface area contributed by atoms with Crippen LogP contribution in [0.3, 0.4) is 0 Å². The number of ether oxygens (including phenoxy) is 1. The molecule has 0 atom stereocenters. The van der Waals surface area contributed by atoms with E-state index in [9.17, 15) is 17.6 Å². The number of halogens is 4. The summed E-state index contributed by atoms with van der Waals surface area (Å²) in [5.41, 5.74) is 0.280. The maximum Gasteiger partial charge on any atom is 0.422 e. The van der Waals surface area contributed by atoms with E-state index in [1.807, 2.05) is 0 Å². The SMILES string of the molecule is CCc1cc(OCC(F)(F)F)ncc1F. The topological polar surface area (TPSA) is 22.1 Å². The Morgan fingerprint density at radius 1 is 1.40 bits per heavy atom. The van der Waals surface area contributed by atoms with E-state index in [0.29, 0.717) is 6.42 Å². The molecule has 0 fully saturated rings. The van der Waals surface area contributed by atoms with Crippen molar-refractivity contribution in [2.45, 2.75) is 19.5 Å². The minimum absolute atomic E-state index is 0.217. The minimum Gasteiger partial charge on any atom is -0.468 e. The standard InChI is InChI=1S/C9H9F4NO/c1-2-6-3-8(14-4-7(6)10)15-5-9(11,12)13/h3-4H,2,5H2,1H3. The van der Waals surface area contributed by atoms with Crippen molar-refractivity contribution in [1.82, 2.24) is 4.98 Å². The molecule has 0 aliphatic carbocycles. The number of pyridine rings is 1. The van der Waals surface area contributed by atoms with Crippen molar-refractivity contribution in [3.05, 3.63) is 23.6 Å². The van der Waals surface area contributed by atoms with Gasteiger partial charge in [-0.3, -0.25) is 0 Å². The molecule has 0 aliphatic rings. The van der Waals surface area contributed by atoms with E-state index in [2.05, 4.69) is 9.72 Å². The molecule has 0 aliphatic heterocycles. The molecule has 1 heterocycles. The molecular weight excluding hydrogens is 214 g/mol. The Morgan fingerprint density at radius 2 is 2.07 bits per heavy atom. The number of rotatable bonds is 3. The van der Waals surface area contributed by atoms with Gasteiger partial charge in [-0.2, -0.15) is 13.2 Å². The molecule has 1 rings (SSSR count). The van der Waals surface area contributed by atoms with Crippen LogP contribution >= 0.6 is 0 Å². The summed E-state index contributed by atoms with van der Waals surface area (Å²) >= 11 is 0. The molecule has 0 radical (unpaired) electrons. The van der Waals surface area contributed by atoms with E-state index in [-0.39, 0.29) is 11.4 Å². The smallest absolute Gasteiger partial charge is 0.422 e. The van der Waals surface area contributed by atoms with Crippen molar-refractivity contribution in [3.8, 4) is 5.88 Å². The fourth-order valence-electron chi connectivity index (χ4n) is 0.964. The first-order valence-corrected chi connectivity index (χ1v) is 4.26. The maximum absolute atomic E-state index is 12.9. The van der Waals surface area contributed by atoms with Crippen molar-refractivity contribution in [1.29, 1.82) is 0 Å². The summed E-state index contributed by atoms with van der Waals surface area (Å²) in [5.74, 6) is -0.762. The summed E-state index contributed by atoms with van der Waals surface area (Å²) in [5, 5.41) is 0. The van der Waals surface area contributed by atoms with Gasteiger partial charge in [0, 0.05) is 6.07 Å². The Morgan fingerprint density at radius 3 is 2.60 bits per heavy atom. The van der Waals surface area contributed by atoms with Gasteiger partial charge in [-0.15, -0.1) is 0 Å². The van der Waals surface area contributed by atoms with E-state index in [4.69, 9.17) is 0 Å². The molecule has 6 heteroatoms. The Bertz CT molecular complexity index is 337. The lowest BCUT2D eigenvalue weighted by Gasteiger charge is -2.09. The quantitative estimate of drug-likeness (QED) is 0.735. The third-order valence-corrected chi connectivity index (χ3v) is 1.67. The second-order valence-corrected chi connectivity index (χ2v) is 2.87. The largest absolute Gasteiger partial charge is 0.468 e. The predicted octanol–water partition coefficient (Wildman–Crippen LogP) is 2.72. The van der Waals surface area contributed by atoms with Crippen LogP contribution in [0.15, 0.2) is 12.3 Å². The fraction of sp³-hybridized carbons (Fsp3) is 0.444. The van der Waals surface area contributed by atoms with Gasteiger partial charge in [0.25, 0.3) is 0 Å². The summed E-state index contributed by atoms with van der Waals surface area (Å²) < 4.78 is 52.6. The van der Waals surface area contributed by atoms with Crippen molar-refractivity contribution in [2.75, 3.05) is 6.61 Å². The molecule has 0 unspecified atom stereocenters. The monoisotopic (exact) mass is 223 g/mol. The number of hydrogen-bond donors (Lipinski definition) is 0. The second-order valence-electron chi connectivity index (χ2n) is 2.87. The summed E-state index contributed by atoms with van der Waals surface area (Å²) in [6, 6.07) is 1.17. The lowest BCUT2D eigenvalue weighted by molar-refractivity contribution is -0.154. The number of nitrogens with zero attached hydrogens (tertiary/aromatic N) is 1. The number of alkyl halides is 3. The molecule has 0 amide bonds. The van der Waals surface area contributed by atoms with Crippen molar-refractivity contribution in [3.63, 3.8) is 0 Å². The van der Waals surface area contributed by atoms with Gasteiger partial charge < -0.3 is 4.74 Å². The summed E-state index contributed by atoms with van der Waals surface area (Å²) in [6.07, 6.45) is -3.19. The van der Waals surface area contributed by atoms with E-state index >= 15 is 0 Å². The third-order valence-electron chi connectivity index (χ3n) is 1.67. The van der Waals surface area contributed by atoms with Gasteiger partial charge in [0.05, 0.1) is 6.20 Å². The van der Waals surface area contributed by atoms with Crippen LogP contribution in [-0.2, 0) is 6.42 Å². The molecule has 0 saturated carbocycles. The highest BCUT2D eigenvalue weighted by molar-refractivity contribution is 5.22. The highest BCUT2D eigenvalue weighted by Gasteiger charge is 2.28. The lowest BCUT2D eigenvalue weighted by Crippen LogP contribution is -2.19. The van der Waals surface area contributed by atoms with E-state index in [1.165, 1.54) is 6.07 Å². The van der Waals surface area contributed by atoms with Crippen LogP contribution in [0.5, 0.6) is 5.88 Å². The summed E-state index contributed by atoms with van der Waals surface area (Å²) in [7, 11) is 0. The Labute approximate surface area is 83.9 Å². The molecule has 0 bridgehead atoms. The number of aryl methyl sites for hydroxylation is 1. The Balaban J connectivity index is 2.70. The zero-order valence-corrected chi connectivity index (χ0v) is 7.94. The molecule has 0 aromatic carbocycles. The normalized spacial score (nSPS) is 11.5. The van der Waals surface area contributed by atoms with Gasteiger partial charge in [-0.25, -0.2) is 9.37 Å². The highest BCUT2D eigenvalue weighted by Crippen LogP contribution is 2.18. The van der Waals surface area contributed by atoms with Crippen LogP contribution in [0.2, 0.25) is 0 Å². The average molecular weight is 223 g/mol. The van der Waals surface area contributed by atoms with Crippen molar-refractivity contribution in [2.24, 2.45) is 0 Å². The molecule has 0 N–H and O–H groups in total. The Hall–Kier alpha value is -1.33. The van der Waals surface area contributed by atoms with E-state index in [0.717, 1.165) is 6.20 Å². The van der Waals surface area contributed by atoms with Crippen LogP contribution in [0.4, 0.5) is 17.6 Å². The van der Waals surface area contributed by atoms with Gasteiger partial charge in [0.2, 0.25) is 5.88 Å². The van der Waals surface area contributed by atoms with E-state index < -0.39 is 18.6 Å². The van der Waals surface area contributed by atoms with Gasteiger partial charge >= 0.3 is 6.18 Å². The molecule has 1 aromatic rings. The van der Waals surface area contributed by atoms with Gasteiger partial charge in [-0.1, -0.05) is 6.92 Å². The third kappa shape index (κ3) is 3.73. The first-order valence-electron chi connectivity index (χ1n) is 4.26. The first-order chi connectivity index (χ1) is 6.92. The van der Waals surface area contributed by atoms with Crippen LogP contribution < -0.4 is 4.74 Å². The van der Waals surface area contributed by atoms with Gasteiger partial charge in [-0.05, 0) is 12.0 Å². The first kappa shape index (κ1) is 11.7. The van der Waals surface area contributed by atoms with Crippen LogP contribution in [0.1, 0.15) is 12.5 Å². The molecule has 0 spiro atoms. The molecule has 15 heavy (non-hydrogen) atoms. The average Bonchev–Trinajstić information content (AvgIpc) is 2.15. The highest BCUT2D eigenvalue weighted by atomic mass is 19.4. The number of hydrogen-bond acceptors (Lipinski definition) is 2. The predicted molar refractivity (Wildman–Crippen MR) is 45.1 cm³/mol. The van der Waals surface area contributed by atoms with Gasteiger partial charge in [0.1, 0.15) is 5.82 Å². The van der Waals surface area contributed by atoms with Crippen LogP contribution in [0.25, 0.3) is 0 Å². The van der Waals surface area contributed by atoms with Crippen molar-refractivity contribution >= 4 is 0 Å². The van der Waals surface area contributed by atoms with E-state index in [1.54, 1.807) is 6.92 Å². The van der Waals surface area contributed by atoms with Crippen LogP contribution in [-0.4, -0.2) is 17.8 Å². The minimum atomic E-state index is -4.41. The van der Waals surface area contributed by atoms with Gasteiger partial charge in [0.15, 0.2) is 6.61 Å². The zero-order chi connectivity index (χ0) is 11.5. The second kappa shape index (κ2) is 4.46. The molecule has 1 aromatic heterocycles. The molecular formula is C9H9F4NO. The fourth-order valence-corrected chi connectivity index (χ4v) is 0.964. The van der Waals surface area contributed by atoms with Crippen LogP contribution in [0, 0.1) is 5.82 Å². The maximum atomic E-state index is 12.9. The molecule has 84 valence electrons. The molecule has 0 saturated heterocycles. The Kier molecular flexibility index (Phi) is 3.49. The lowest BCUT2D eigenvalue weighted by atomic mass is 10.2. The summed E-state index contributed by atoms with van der Waals surface area (Å²) in [4.78, 5) is 3.39. The van der Waals surface area contributed by atoms with Crippen molar-refractivity contribution < 1.29 is 22.3 Å². The number of aromatic nitrogens is 1. The molecule has 2 nitrogen and oxygen atoms in total. The zero-order valence-electron chi connectivity index (χ0n) is 7.94.